The van der Waals surface area contributed by atoms with Crippen molar-refractivity contribution in [3.63, 3.8) is 0 Å². The van der Waals surface area contributed by atoms with Gasteiger partial charge < -0.3 is 5.32 Å². The van der Waals surface area contributed by atoms with Crippen molar-refractivity contribution in [2.24, 2.45) is 0 Å². The maximum absolute atomic E-state index is 3.50. The van der Waals surface area contributed by atoms with Gasteiger partial charge in [0.1, 0.15) is 0 Å². The van der Waals surface area contributed by atoms with E-state index in [1.165, 1.54) is 14.2 Å². The molecule has 0 bridgehead atoms. The Bertz CT molecular complexity index is 481. The summed E-state index contributed by atoms with van der Waals surface area (Å²) in [4.78, 5) is 5.20. The molecule has 2 heterocycles. The van der Waals surface area contributed by atoms with E-state index in [0.29, 0.717) is 6.04 Å². The molecule has 0 aromatic carbocycles. The fourth-order valence-electron chi connectivity index (χ4n) is 1.85. The molecule has 0 aliphatic heterocycles. The lowest BCUT2D eigenvalue weighted by molar-refractivity contribution is 0.264. The lowest BCUT2D eigenvalue weighted by Crippen LogP contribution is -2.30. The Balaban J connectivity index is 1.68. The summed E-state index contributed by atoms with van der Waals surface area (Å²) in [5, 5.41) is 7.77. The van der Waals surface area contributed by atoms with Gasteiger partial charge in [-0.25, -0.2) is 0 Å². The number of nitrogens with zero attached hydrogens (tertiary/aromatic N) is 1. The average Bonchev–Trinajstić information content (AvgIpc) is 3.05. The Morgan fingerprint density at radius 2 is 2.26 bits per heavy atom. The maximum atomic E-state index is 3.50. The summed E-state index contributed by atoms with van der Waals surface area (Å²) in [7, 11) is 2.19. The molecule has 0 saturated heterocycles. The fraction of sp³-hybridized carbons (Fsp3) is 0.429. The first kappa shape index (κ1) is 15.2. The molecule has 0 radical (unpaired) electrons. The molecule has 2 nitrogen and oxygen atoms in total. The van der Waals surface area contributed by atoms with E-state index in [-0.39, 0.29) is 0 Å². The SMILES string of the molecule is CC(c1cccs1)N(C)CCNCc1cc(Br)cs1. The van der Waals surface area contributed by atoms with Gasteiger partial charge in [-0.15, -0.1) is 22.7 Å². The summed E-state index contributed by atoms with van der Waals surface area (Å²) in [5.74, 6) is 0. The zero-order valence-corrected chi connectivity index (χ0v) is 14.4. The molecule has 104 valence electrons. The zero-order chi connectivity index (χ0) is 13.7. The number of halogens is 1. The summed E-state index contributed by atoms with van der Waals surface area (Å²) in [6.07, 6.45) is 0. The molecule has 0 saturated carbocycles. The van der Waals surface area contributed by atoms with Gasteiger partial charge in [0, 0.05) is 45.3 Å². The van der Waals surface area contributed by atoms with Gasteiger partial charge in [-0.2, -0.15) is 0 Å². The highest BCUT2D eigenvalue weighted by atomic mass is 79.9. The number of likely N-dealkylation sites (N-methyl/N-ethyl adjacent to an activating group) is 1. The number of nitrogens with one attached hydrogen (secondary N) is 1. The predicted octanol–water partition coefficient (Wildman–Crippen LogP) is 4.35. The molecule has 0 aliphatic rings. The van der Waals surface area contributed by atoms with Crippen LogP contribution in [0.25, 0.3) is 0 Å². The monoisotopic (exact) mass is 358 g/mol. The molecule has 5 heteroatoms. The van der Waals surface area contributed by atoms with Gasteiger partial charge in [0.25, 0.3) is 0 Å². The van der Waals surface area contributed by atoms with Crippen LogP contribution < -0.4 is 5.32 Å². The van der Waals surface area contributed by atoms with Crippen LogP contribution in [-0.2, 0) is 6.54 Å². The van der Waals surface area contributed by atoms with Crippen molar-refractivity contribution in [1.82, 2.24) is 10.2 Å². The highest BCUT2D eigenvalue weighted by Crippen LogP contribution is 2.23. The normalized spacial score (nSPS) is 13.1. The third-order valence-corrected chi connectivity index (χ3v) is 5.92. The standard InChI is InChI=1S/C14H19BrN2S2/c1-11(14-4-3-7-18-14)17(2)6-5-16-9-13-8-12(15)10-19-13/h3-4,7-8,10-11,16H,5-6,9H2,1-2H3. The first-order chi connectivity index (χ1) is 9.16. The Kier molecular flexibility index (Phi) is 6.04. The minimum absolute atomic E-state index is 0.498. The van der Waals surface area contributed by atoms with Crippen LogP contribution >= 0.6 is 38.6 Å². The van der Waals surface area contributed by atoms with E-state index in [1.807, 2.05) is 11.3 Å². The highest BCUT2D eigenvalue weighted by molar-refractivity contribution is 9.10. The molecule has 0 amide bonds. The number of rotatable bonds is 7. The topological polar surface area (TPSA) is 15.3 Å². The molecule has 1 N–H and O–H groups in total. The summed E-state index contributed by atoms with van der Waals surface area (Å²) >= 11 is 7.10. The minimum Gasteiger partial charge on any atom is -0.311 e. The van der Waals surface area contributed by atoms with Crippen LogP contribution in [0.1, 0.15) is 22.7 Å². The molecule has 1 atom stereocenters. The van der Waals surface area contributed by atoms with E-state index in [9.17, 15) is 0 Å². The van der Waals surface area contributed by atoms with Crippen molar-refractivity contribution >= 4 is 38.6 Å². The van der Waals surface area contributed by atoms with Crippen molar-refractivity contribution in [3.8, 4) is 0 Å². The predicted molar refractivity (Wildman–Crippen MR) is 89.1 cm³/mol. The van der Waals surface area contributed by atoms with Gasteiger partial charge in [-0.05, 0) is 47.4 Å². The average molecular weight is 359 g/mol. The summed E-state index contributed by atoms with van der Waals surface area (Å²) in [6.45, 7) is 5.30. The van der Waals surface area contributed by atoms with Crippen LogP contribution in [0.3, 0.4) is 0 Å². The van der Waals surface area contributed by atoms with Gasteiger partial charge in [-0.3, -0.25) is 4.90 Å². The van der Waals surface area contributed by atoms with E-state index in [0.717, 1.165) is 19.6 Å². The fourth-order valence-corrected chi connectivity index (χ4v) is 4.12. The van der Waals surface area contributed by atoms with Gasteiger partial charge in [-0.1, -0.05) is 6.07 Å². The summed E-state index contributed by atoms with van der Waals surface area (Å²) < 4.78 is 1.18. The highest BCUT2D eigenvalue weighted by Gasteiger charge is 2.11. The quantitative estimate of drug-likeness (QED) is 0.739. The summed E-state index contributed by atoms with van der Waals surface area (Å²) in [5.41, 5.74) is 0. The number of hydrogen-bond donors (Lipinski definition) is 1. The molecule has 2 aromatic heterocycles. The molecule has 19 heavy (non-hydrogen) atoms. The van der Waals surface area contributed by atoms with Crippen molar-refractivity contribution in [2.75, 3.05) is 20.1 Å². The summed E-state index contributed by atoms with van der Waals surface area (Å²) in [6, 6.07) is 7.01. The Hall–Kier alpha value is -0.200. The first-order valence-electron chi connectivity index (χ1n) is 6.34. The maximum Gasteiger partial charge on any atom is 0.0410 e. The van der Waals surface area contributed by atoms with E-state index < -0.39 is 0 Å². The second kappa shape index (κ2) is 7.55. The van der Waals surface area contributed by atoms with Gasteiger partial charge >= 0.3 is 0 Å². The van der Waals surface area contributed by atoms with Crippen molar-refractivity contribution in [3.05, 3.63) is 43.2 Å². The number of thiophene rings is 2. The molecular formula is C14H19BrN2S2. The largest absolute Gasteiger partial charge is 0.311 e. The minimum atomic E-state index is 0.498. The van der Waals surface area contributed by atoms with E-state index in [4.69, 9.17) is 0 Å². The molecule has 2 aromatic rings. The molecule has 0 aliphatic carbocycles. The van der Waals surface area contributed by atoms with Crippen LogP contribution in [0.4, 0.5) is 0 Å². The Labute approximate surface area is 131 Å². The lowest BCUT2D eigenvalue weighted by Gasteiger charge is -2.23. The molecule has 2 rings (SSSR count). The van der Waals surface area contributed by atoms with E-state index >= 15 is 0 Å². The van der Waals surface area contributed by atoms with Crippen molar-refractivity contribution < 1.29 is 0 Å². The van der Waals surface area contributed by atoms with Gasteiger partial charge in [0.05, 0.1) is 0 Å². The van der Waals surface area contributed by atoms with Crippen molar-refractivity contribution in [1.29, 1.82) is 0 Å². The van der Waals surface area contributed by atoms with E-state index in [2.05, 4.69) is 69.1 Å². The van der Waals surface area contributed by atoms with Crippen LogP contribution in [-0.4, -0.2) is 25.0 Å². The Morgan fingerprint density at radius 1 is 1.42 bits per heavy atom. The Morgan fingerprint density at radius 3 is 2.89 bits per heavy atom. The van der Waals surface area contributed by atoms with Crippen LogP contribution in [0.5, 0.6) is 0 Å². The first-order valence-corrected chi connectivity index (χ1v) is 8.89. The third-order valence-electron chi connectivity index (χ3n) is 3.18. The van der Waals surface area contributed by atoms with Gasteiger partial charge in [0.2, 0.25) is 0 Å². The van der Waals surface area contributed by atoms with Crippen LogP contribution in [0.15, 0.2) is 33.4 Å². The lowest BCUT2D eigenvalue weighted by atomic mass is 10.2. The molecule has 0 spiro atoms. The smallest absolute Gasteiger partial charge is 0.0410 e. The van der Waals surface area contributed by atoms with Gasteiger partial charge in [0.15, 0.2) is 0 Å². The molecule has 1 unspecified atom stereocenters. The molecule has 0 fully saturated rings. The van der Waals surface area contributed by atoms with Crippen LogP contribution in [0.2, 0.25) is 0 Å². The molecular weight excluding hydrogens is 340 g/mol. The number of hydrogen-bond acceptors (Lipinski definition) is 4. The second-order valence-electron chi connectivity index (χ2n) is 4.58. The zero-order valence-electron chi connectivity index (χ0n) is 11.2. The van der Waals surface area contributed by atoms with Crippen LogP contribution in [0, 0.1) is 0 Å². The van der Waals surface area contributed by atoms with E-state index in [1.54, 1.807) is 11.3 Å². The second-order valence-corrected chi connectivity index (χ2v) is 7.47. The van der Waals surface area contributed by atoms with Crippen molar-refractivity contribution in [2.45, 2.75) is 19.5 Å². The third kappa shape index (κ3) is 4.68.